The van der Waals surface area contributed by atoms with E-state index in [4.69, 9.17) is 8.53 Å². The minimum absolute atomic E-state index is 0. The first-order chi connectivity index (χ1) is 23.8. The number of hydrogen-bond acceptors (Lipinski definition) is 4. The van der Waals surface area contributed by atoms with Gasteiger partial charge in [0.15, 0.2) is 0 Å². The van der Waals surface area contributed by atoms with Gasteiger partial charge in [-0.05, 0) is 90.8 Å². The Labute approximate surface area is 294 Å². The van der Waals surface area contributed by atoms with Crippen LogP contribution in [0.3, 0.4) is 0 Å². The van der Waals surface area contributed by atoms with Crippen LogP contribution >= 0.6 is 0 Å². The molecule has 8 rings (SSSR count). The standard InChI is InChI=1S/C30H27N2O.C12H10N.Ir/c1-20-10-15-26-25-8-5-9-27(29(25)33-30(26)32-20)28-19-22(16-17-31-28)18-21-11-13-24(14-12-21)23-6-3-2-4-7-23;1-10-7-8-12(13-9-10)11-5-3-2-4-6-11;/h5,8,10-17,19,23H,2-4,6-7,18H2,1H3;2-5,7-9H,1H3;/q2*-1;/i1D3;;. The minimum Gasteiger partial charge on any atom is -0.486 e. The number of nitrogens with zero attached hydrogens (tertiary/aromatic N) is 3. The molecule has 0 atom stereocenters. The van der Waals surface area contributed by atoms with Crippen LogP contribution in [0.2, 0.25) is 0 Å². The SMILES string of the molecule is Cc1ccc(-c2[c-]cccc2)nc1.[2H]C([2H])([2H])c1ccc2c(n1)oc1c(-c3cc(Cc4ccc(C5CCCCC5)cc4)ccn3)[c-]ccc12.[Ir]. The summed E-state index contributed by atoms with van der Waals surface area (Å²) in [6, 6.07) is 38.7. The largest absolute Gasteiger partial charge is 0.486 e. The van der Waals surface area contributed by atoms with Gasteiger partial charge in [-0.3, -0.25) is 0 Å². The molecule has 0 N–H and O–H groups in total. The Morgan fingerprint density at radius 1 is 0.809 bits per heavy atom. The van der Waals surface area contributed by atoms with E-state index < -0.39 is 6.85 Å². The van der Waals surface area contributed by atoms with E-state index >= 15 is 0 Å². The maximum atomic E-state index is 7.65. The second kappa shape index (κ2) is 15.0. The molecule has 5 heteroatoms. The van der Waals surface area contributed by atoms with E-state index in [0.717, 1.165) is 45.3 Å². The zero-order chi connectivity index (χ0) is 33.8. The number of fused-ring (bicyclic) bond motifs is 3. The second-order valence-corrected chi connectivity index (χ2v) is 12.0. The summed E-state index contributed by atoms with van der Waals surface area (Å²) >= 11 is 0. The van der Waals surface area contributed by atoms with Crippen LogP contribution in [-0.2, 0) is 26.5 Å². The van der Waals surface area contributed by atoms with Gasteiger partial charge in [-0.2, -0.15) is 0 Å². The molecule has 0 spiro atoms. The number of pyridine rings is 3. The molecule has 4 nitrogen and oxygen atoms in total. The van der Waals surface area contributed by atoms with Gasteiger partial charge in [0.1, 0.15) is 0 Å². The average Bonchev–Trinajstić information content (AvgIpc) is 3.51. The summed E-state index contributed by atoms with van der Waals surface area (Å²) in [5.74, 6) is 0.713. The monoisotopic (exact) mass is 795 g/mol. The van der Waals surface area contributed by atoms with Crippen LogP contribution in [0.15, 0.2) is 114 Å². The Bertz CT molecular complexity index is 2170. The molecule has 0 unspecified atom stereocenters. The molecule has 1 fully saturated rings. The van der Waals surface area contributed by atoms with Gasteiger partial charge in [-0.1, -0.05) is 72.7 Å². The van der Waals surface area contributed by atoms with Crippen LogP contribution < -0.4 is 0 Å². The van der Waals surface area contributed by atoms with Crippen LogP contribution in [0, 0.1) is 25.9 Å². The Morgan fingerprint density at radius 3 is 2.45 bits per heavy atom. The van der Waals surface area contributed by atoms with Crippen molar-refractivity contribution in [3.05, 3.63) is 150 Å². The van der Waals surface area contributed by atoms with Gasteiger partial charge >= 0.3 is 0 Å². The molecule has 4 aromatic heterocycles. The fraction of sp³-hybridized carbons (Fsp3) is 0.214. The molecule has 4 heterocycles. The second-order valence-electron chi connectivity index (χ2n) is 12.0. The molecule has 237 valence electrons. The van der Waals surface area contributed by atoms with Crippen LogP contribution in [-0.4, -0.2) is 15.0 Å². The topological polar surface area (TPSA) is 51.8 Å². The maximum Gasteiger partial charge on any atom is 0.216 e. The average molecular weight is 795 g/mol. The molecule has 7 aromatic rings. The van der Waals surface area contributed by atoms with Crippen molar-refractivity contribution in [1.29, 1.82) is 0 Å². The molecule has 1 radical (unpaired) electrons. The number of aryl methyl sites for hydroxylation is 2. The zero-order valence-corrected chi connectivity index (χ0v) is 28.7. The van der Waals surface area contributed by atoms with Crippen molar-refractivity contribution < 1.29 is 28.6 Å². The maximum absolute atomic E-state index is 7.65. The van der Waals surface area contributed by atoms with Gasteiger partial charge in [-0.25, -0.2) is 4.98 Å². The Kier molecular flexibility index (Phi) is 9.16. The van der Waals surface area contributed by atoms with Crippen LogP contribution in [0.25, 0.3) is 44.6 Å². The minimum atomic E-state index is -2.29. The zero-order valence-electron chi connectivity index (χ0n) is 29.3. The van der Waals surface area contributed by atoms with Crippen molar-refractivity contribution in [1.82, 2.24) is 15.0 Å². The Balaban J connectivity index is 0.000000260. The summed E-state index contributed by atoms with van der Waals surface area (Å²) in [5.41, 5.74) is 9.58. The summed E-state index contributed by atoms with van der Waals surface area (Å²) < 4.78 is 29.0. The van der Waals surface area contributed by atoms with E-state index in [-0.39, 0.29) is 25.8 Å². The van der Waals surface area contributed by atoms with Crippen molar-refractivity contribution in [2.75, 3.05) is 0 Å². The third-order valence-corrected chi connectivity index (χ3v) is 8.74. The third-order valence-electron chi connectivity index (χ3n) is 8.74. The van der Waals surface area contributed by atoms with Crippen molar-refractivity contribution in [2.45, 2.75) is 58.2 Å². The summed E-state index contributed by atoms with van der Waals surface area (Å²) in [6.45, 7) is -0.252. The summed E-state index contributed by atoms with van der Waals surface area (Å²) in [5, 5.41) is 1.65. The van der Waals surface area contributed by atoms with Gasteiger partial charge in [0.05, 0.1) is 5.58 Å². The number of hydrogen-bond donors (Lipinski definition) is 0. The molecule has 0 amide bonds. The van der Waals surface area contributed by atoms with Crippen LogP contribution in [0.4, 0.5) is 0 Å². The van der Waals surface area contributed by atoms with Crippen molar-refractivity contribution in [2.24, 2.45) is 0 Å². The van der Waals surface area contributed by atoms with E-state index in [9.17, 15) is 0 Å². The molecule has 0 aliphatic heterocycles. The Morgan fingerprint density at radius 2 is 1.68 bits per heavy atom. The van der Waals surface area contributed by atoms with Crippen molar-refractivity contribution in [3.8, 4) is 22.5 Å². The van der Waals surface area contributed by atoms with Crippen molar-refractivity contribution in [3.63, 3.8) is 0 Å². The van der Waals surface area contributed by atoms with E-state index in [2.05, 4.69) is 63.5 Å². The van der Waals surface area contributed by atoms with Gasteiger partial charge in [0.2, 0.25) is 5.71 Å². The predicted octanol–water partition coefficient (Wildman–Crippen LogP) is 10.6. The number of aromatic nitrogens is 3. The fourth-order valence-corrected chi connectivity index (χ4v) is 6.29. The first-order valence-corrected chi connectivity index (χ1v) is 16.0. The number of rotatable bonds is 5. The van der Waals surface area contributed by atoms with Gasteiger partial charge in [-0.15, -0.1) is 54.1 Å². The molecule has 1 aliphatic carbocycles. The molecular formula is C42H37IrN3O-2. The molecule has 1 aliphatic rings. The molecule has 3 aromatic carbocycles. The van der Waals surface area contributed by atoms with Gasteiger partial charge in [0, 0.05) is 47.7 Å². The van der Waals surface area contributed by atoms with E-state index in [1.54, 1.807) is 12.1 Å². The summed E-state index contributed by atoms with van der Waals surface area (Å²) in [6.07, 6.45) is 11.2. The molecule has 1 saturated carbocycles. The first kappa shape index (κ1) is 28.8. The molecule has 0 bridgehead atoms. The first-order valence-electron chi connectivity index (χ1n) is 17.5. The normalized spacial score (nSPS) is 14.4. The quantitative estimate of drug-likeness (QED) is 0.163. The van der Waals surface area contributed by atoms with Gasteiger partial charge in [0.25, 0.3) is 0 Å². The summed E-state index contributed by atoms with van der Waals surface area (Å²) in [4.78, 5) is 13.2. The molecule has 0 saturated heterocycles. The molecular weight excluding hydrogens is 755 g/mol. The Hall–Kier alpha value is -4.44. The number of furan rings is 1. The van der Waals surface area contributed by atoms with Gasteiger partial charge < -0.3 is 14.4 Å². The van der Waals surface area contributed by atoms with Crippen molar-refractivity contribution >= 4 is 22.1 Å². The van der Waals surface area contributed by atoms with E-state index in [1.807, 2.05) is 67.8 Å². The van der Waals surface area contributed by atoms with Crippen LogP contribution in [0.5, 0.6) is 0 Å². The fourth-order valence-electron chi connectivity index (χ4n) is 6.29. The van der Waals surface area contributed by atoms with E-state index in [0.29, 0.717) is 17.2 Å². The summed E-state index contributed by atoms with van der Waals surface area (Å²) in [7, 11) is 0. The smallest absolute Gasteiger partial charge is 0.216 e. The van der Waals surface area contributed by atoms with E-state index in [1.165, 1.54) is 48.8 Å². The molecule has 47 heavy (non-hydrogen) atoms. The number of benzene rings is 3. The predicted molar refractivity (Wildman–Crippen MR) is 187 cm³/mol. The van der Waals surface area contributed by atoms with Crippen LogP contribution in [0.1, 0.15) is 70.1 Å². The third kappa shape index (κ3) is 7.59.